The van der Waals surface area contributed by atoms with E-state index in [1.807, 2.05) is 91.1 Å². The van der Waals surface area contributed by atoms with Crippen LogP contribution < -0.4 is 21.5 Å². The summed E-state index contributed by atoms with van der Waals surface area (Å²) in [6, 6.07) is 40.8. The summed E-state index contributed by atoms with van der Waals surface area (Å²) in [6.07, 6.45) is 7.15. The molecule has 7 heterocycles. The average Bonchev–Trinajstić information content (AvgIpc) is 3.41. The Morgan fingerprint density at radius 1 is 0.571 bits per heavy atom. The van der Waals surface area contributed by atoms with Gasteiger partial charge in [0.2, 0.25) is 10.9 Å². The number of nitrogens with zero attached hydrogens (tertiary/aromatic N) is 7. The van der Waals surface area contributed by atoms with E-state index in [9.17, 15) is 9.59 Å². The summed E-state index contributed by atoms with van der Waals surface area (Å²) in [7, 11) is 2.14. The third-order valence-corrected chi connectivity index (χ3v) is 13.6. The van der Waals surface area contributed by atoms with Crippen molar-refractivity contribution in [2.45, 2.75) is 13.8 Å². The average molecular weight is 924 g/mol. The molecule has 0 unspecified atom stereocenters. The second-order valence-corrected chi connectivity index (χ2v) is 18.0. The number of nitrogens with one attached hydrogen (secondary N) is 4. The Morgan fingerprint density at radius 3 is 1.86 bits per heavy atom. The summed E-state index contributed by atoms with van der Waals surface area (Å²) in [5.41, 5.74) is 12.3. The lowest BCUT2D eigenvalue weighted by molar-refractivity contribution is 0.162. The fourth-order valence-electron chi connectivity index (χ4n) is 9.43. The second kappa shape index (κ2) is 19.1. The zero-order valence-electron chi connectivity index (χ0n) is 39.5. The molecule has 1 fully saturated rings. The van der Waals surface area contributed by atoms with Crippen LogP contribution in [0.1, 0.15) is 13.8 Å². The molecule has 0 atom stereocenters. The minimum Gasteiger partial charge on any atom is -0.368 e. The lowest BCUT2D eigenvalue weighted by Crippen LogP contribution is -2.46. The molecular formula is C57H53N11O2. The van der Waals surface area contributed by atoms with Crippen LogP contribution in [0, 0.1) is 0 Å². The molecule has 0 amide bonds. The van der Waals surface area contributed by atoms with Gasteiger partial charge in [-0.3, -0.25) is 29.4 Å². The van der Waals surface area contributed by atoms with Crippen LogP contribution in [0.3, 0.4) is 0 Å². The zero-order chi connectivity index (χ0) is 47.7. The normalized spacial score (nSPS) is 13.5. The third kappa shape index (κ3) is 8.77. The van der Waals surface area contributed by atoms with Crippen LogP contribution >= 0.6 is 0 Å². The molecule has 13 nitrogen and oxygen atoms in total. The van der Waals surface area contributed by atoms with E-state index in [0.29, 0.717) is 46.8 Å². The Hall–Kier alpha value is -8.10. The van der Waals surface area contributed by atoms with Crippen molar-refractivity contribution in [3.63, 3.8) is 0 Å². The highest BCUT2D eigenvalue weighted by atomic mass is 16.1. The van der Waals surface area contributed by atoms with Crippen LogP contribution in [0.2, 0.25) is 0 Å². The fourth-order valence-corrected chi connectivity index (χ4v) is 9.43. The van der Waals surface area contributed by atoms with E-state index in [4.69, 9.17) is 15.0 Å². The van der Waals surface area contributed by atoms with Crippen LogP contribution in [0.4, 0.5) is 11.4 Å². The molecule has 13 heteroatoms. The van der Waals surface area contributed by atoms with Crippen molar-refractivity contribution in [2.24, 2.45) is 0 Å². The molecule has 0 saturated carbocycles. The van der Waals surface area contributed by atoms with Crippen molar-refractivity contribution < 1.29 is 0 Å². The standard InChI is InChI=1S/C57H53N11O2/c1-4-67(5-2)34-62-50-32-60-56-46(54(50)69)29-44(52(64-56)36-11-7-6-8-12-36)39-17-19-49-42(27-39)28-43(31-59-49)37-13-9-14-41(25-37)53-45(38-16-18-48-40(26-38)15-10-20-58-48)30-47-55(70)51(33-61-57(47)65-53)63-35-68-23-21-66(3)22-24-68/h6-20,25-33,62-63H,4-5,21-24,34-35H2,1-3H3,(H,60,64,69)(H,61,65,70). The van der Waals surface area contributed by atoms with Gasteiger partial charge in [-0.05, 0) is 91.4 Å². The number of hydrogen-bond donors (Lipinski definition) is 4. The van der Waals surface area contributed by atoms with E-state index in [-0.39, 0.29) is 10.9 Å². The van der Waals surface area contributed by atoms with E-state index in [1.165, 1.54) is 0 Å². The smallest absolute Gasteiger partial charge is 0.214 e. The van der Waals surface area contributed by atoms with Gasteiger partial charge in [-0.2, -0.15) is 0 Å². The number of hydrogen-bond acceptors (Lipinski definition) is 11. The summed E-state index contributed by atoms with van der Waals surface area (Å²) in [4.78, 5) is 61.6. The summed E-state index contributed by atoms with van der Waals surface area (Å²) in [5, 5.41) is 9.69. The first-order chi connectivity index (χ1) is 34.3. The number of benzene rings is 4. The Bertz CT molecular complexity index is 3690. The molecule has 1 aliphatic rings. The number of rotatable bonds is 13. The zero-order valence-corrected chi connectivity index (χ0v) is 39.5. The molecule has 1 saturated heterocycles. The molecule has 11 rings (SSSR count). The van der Waals surface area contributed by atoms with Crippen molar-refractivity contribution in [3.8, 4) is 55.9 Å². The lowest BCUT2D eigenvalue weighted by Gasteiger charge is -2.32. The second-order valence-electron chi connectivity index (χ2n) is 18.0. The van der Waals surface area contributed by atoms with Gasteiger partial charge < -0.3 is 25.5 Å². The molecule has 0 radical (unpaired) electrons. The molecule has 70 heavy (non-hydrogen) atoms. The molecule has 0 aliphatic carbocycles. The van der Waals surface area contributed by atoms with Crippen molar-refractivity contribution >= 4 is 55.2 Å². The van der Waals surface area contributed by atoms with Crippen LogP contribution in [0.5, 0.6) is 0 Å². The van der Waals surface area contributed by atoms with Gasteiger partial charge in [-0.25, -0.2) is 9.97 Å². The number of fused-ring (bicyclic) bond motifs is 4. The van der Waals surface area contributed by atoms with Crippen LogP contribution in [-0.4, -0.2) is 104 Å². The maximum atomic E-state index is 14.2. The predicted molar refractivity (Wildman–Crippen MR) is 285 cm³/mol. The lowest BCUT2D eigenvalue weighted by atomic mass is 9.94. The van der Waals surface area contributed by atoms with Gasteiger partial charge in [0, 0.05) is 89.6 Å². The SMILES string of the molecule is CCN(CC)CNc1c[nH]c2nc(-c3ccccc3)c(-c3ccc4ncc(-c5cccc(-c6nc7[nH]cc(NCN8CCN(C)CC8)c(=O)c7cc6-c6ccc7ncccc7c6)c5)cc4c3)cc2c1=O. The fraction of sp³-hybridized carbons (Fsp3) is 0.193. The Kier molecular flexibility index (Phi) is 12.1. The highest BCUT2D eigenvalue weighted by Gasteiger charge is 2.20. The van der Waals surface area contributed by atoms with E-state index in [2.05, 4.69) is 97.6 Å². The van der Waals surface area contributed by atoms with Crippen molar-refractivity contribution in [1.82, 2.24) is 44.6 Å². The number of likely N-dealkylation sites (N-methyl/N-ethyl adjacent to an activating group) is 1. The Morgan fingerprint density at radius 2 is 1.17 bits per heavy atom. The molecule has 348 valence electrons. The largest absolute Gasteiger partial charge is 0.368 e. The van der Waals surface area contributed by atoms with E-state index >= 15 is 0 Å². The highest BCUT2D eigenvalue weighted by molar-refractivity contribution is 5.97. The van der Waals surface area contributed by atoms with Gasteiger partial charge in [0.25, 0.3) is 0 Å². The molecule has 0 bridgehead atoms. The Balaban J connectivity index is 0.983. The number of pyridine rings is 6. The number of anilines is 2. The van der Waals surface area contributed by atoms with Crippen molar-refractivity contribution in [1.29, 1.82) is 0 Å². The van der Waals surface area contributed by atoms with Gasteiger partial charge >= 0.3 is 0 Å². The van der Waals surface area contributed by atoms with Crippen LogP contribution in [0.25, 0.3) is 99.8 Å². The quantitative estimate of drug-likeness (QED) is 0.0819. The third-order valence-electron chi connectivity index (χ3n) is 13.6. The van der Waals surface area contributed by atoms with Crippen molar-refractivity contribution in [2.75, 3.05) is 70.3 Å². The first kappa shape index (κ1) is 44.4. The monoisotopic (exact) mass is 923 g/mol. The number of aromatic amines is 2. The van der Waals surface area contributed by atoms with E-state index in [0.717, 1.165) is 117 Å². The van der Waals surface area contributed by atoms with Crippen LogP contribution in [-0.2, 0) is 0 Å². The van der Waals surface area contributed by atoms with Gasteiger partial charge in [0.1, 0.15) is 22.7 Å². The maximum Gasteiger partial charge on any atom is 0.214 e. The van der Waals surface area contributed by atoms with Gasteiger partial charge in [-0.15, -0.1) is 0 Å². The van der Waals surface area contributed by atoms with Gasteiger partial charge in [0.05, 0.1) is 46.5 Å². The molecular weight excluding hydrogens is 871 g/mol. The molecule has 1 aliphatic heterocycles. The summed E-state index contributed by atoms with van der Waals surface area (Å²) >= 11 is 0. The topological polar surface area (TPSA) is 151 Å². The van der Waals surface area contributed by atoms with Crippen LogP contribution in [0.15, 0.2) is 156 Å². The molecule has 6 aromatic heterocycles. The number of H-pyrrole nitrogens is 2. The molecule has 4 N–H and O–H groups in total. The first-order valence-electron chi connectivity index (χ1n) is 24.0. The van der Waals surface area contributed by atoms with Crippen molar-refractivity contribution in [3.05, 3.63) is 167 Å². The predicted octanol–water partition coefficient (Wildman–Crippen LogP) is 9.92. The van der Waals surface area contributed by atoms with E-state index in [1.54, 1.807) is 18.6 Å². The summed E-state index contributed by atoms with van der Waals surface area (Å²) < 4.78 is 0. The number of aromatic nitrogens is 6. The van der Waals surface area contributed by atoms with Gasteiger partial charge in [0.15, 0.2) is 0 Å². The summed E-state index contributed by atoms with van der Waals surface area (Å²) in [6.45, 7) is 11.0. The maximum absolute atomic E-state index is 14.2. The minimum atomic E-state index is -0.106. The molecule has 4 aromatic carbocycles. The summed E-state index contributed by atoms with van der Waals surface area (Å²) in [5.74, 6) is 0. The highest BCUT2D eigenvalue weighted by Crippen LogP contribution is 2.38. The molecule has 0 spiro atoms. The minimum absolute atomic E-state index is 0.101. The Labute approximate surface area is 404 Å². The molecule has 10 aromatic rings. The van der Waals surface area contributed by atoms with Gasteiger partial charge in [-0.1, -0.05) is 80.6 Å². The first-order valence-corrected chi connectivity index (χ1v) is 24.0. The van der Waals surface area contributed by atoms with E-state index < -0.39 is 0 Å². The number of piperazine rings is 1.